The quantitative estimate of drug-likeness (QED) is 0.351. The Hall–Kier alpha value is -3.57. The summed E-state index contributed by atoms with van der Waals surface area (Å²) in [7, 11) is 0. The molecule has 0 radical (unpaired) electrons. The van der Waals surface area contributed by atoms with Gasteiger partial charge in [-0.3, -0.25) is 9.69 Å². The fraction of sp³-hybridized carbons (Fsp3) is 0.417. The average molecular weight is 551 g/mol. The van der Waals surface area contributed by atoms with Crippen molar-refractivity contribution in [3.63, 3.8) is 0 Å². The number of allylic oxidation sites excluding steroid dienone is 1. The van der Waals surface area contributed by atoms with Crippen molar-refractivity contribution in [2.24, 2.45) is 5.41 Å². The van der Waals surface area contributed by atoms with Crippen molar-refractivity contribution < 1.29 is 15.0 Å². The van der Waals surface area contributed by atoms with Gasteiger partial charge < -0.3 is 15.1 Å². The summed E-state index contributed by atoms with van der Waals surface area (Å²) in [5.74, 6) is -0.374. The number of carboxylic acid groups (broad SMARTS) is 1. The number of carboxylic acids is 1. The topological polar surface area (TPSA) is 64.0 Å². The number of phenols is 1. The number of carbonyl (C=O) groups is 1. The Morgan fingerprint density at radius 3 is 2.15 bits per heavy atom. The van der Waals surface area contributed by atoms with Gasteiger partial charge in [-0.05, 0) is 134 Å². The number of anilines is 1. The van der Waals surface area contributed by atoms with Crippen molar-refractivity contribution in [2.75, 3.05) is 37.6 Å². The molecule has 1 spiro atoms. The zero-order valence-electron chi connectivity index (χ0n) is 24.0. The molecule has 3 aliphatic rings. The van der Waals surface area contributed by atoms with E-state index >= 15 is 0 Å². The molecule has 1 aliphatic carbocycles. The van der Waals surface area contributed by atoms with E-state index in [9.17, 15) is 15.0 Å². The lowest BCUT2D eigenvalue weighted by Gasteiger charge is -2.44. The van der Waals surface area contributed by atoms with Crippen LogP contribution in [0.15, 0.2) is 72.8 Å². The zero-order valence-corrected chi connectivity index (χ0v) is 24.0. The number of aromatic hydroxyl groups is 1. The van der Waals surface area contributed by atoms with E-state index in [4.69, 9.17) is 0 Å². The molecule has 5 nitrogen and oxygen atoms in total. The SMILES string of the molecule is O=C(O)CN1CCCC2(CCC1)CCN(c1ccc(C3=C(c4ccccc4)CCCc4cc(O)ccc43)cc1)CC2. The van der Waals surface area contributed by atoms with Crippen molar-refractivity contribution >= 4 is 22.8 Å². The van der Waals surface area contributed by atoms with E-state index in [0.717, 1.165) is 58.3 Å². The third kappa shape index (κ3) is 6.20. The van der Waals surface area contributed by atoms with Crippen LogP contribution in [0.1, 0.15) is 73.6 Å². The first kappa shape index (κ1) is 27.6. The largest absolute Gasteiger partial charge is 0.508 e. The second kappa shape index (κ2) is 12.1. The number of hydrogen-bond acceptors (Lipinski definition) is 4. The lowest BCUT2D eigenvalue weighted by atomic mass is 9.71. The van der Waals surface area contributed by atoms with Crippen LogP contribution < -0.4 is 4.90 Å². The van der Waals surface area contributed by atoms with E-state index in [2.05, 4.69) is 70.5 Å². The van der Waals surface area contributed by atoms with Gasteiger partial charge in [0.15, 0.2) is 0 Å². The summed E-state index contributed by atoms with van der Waals surface area (Å²) in [6, 6.07) is 25.8. The number of hydrogen-bond donors (Lipinski definition) is 2. The van der Waals surface area contributed by atoms with Gasteiger partial charge in [-0.15, -0.1) is 0 Å². The van der Waals surface area contributed by atoms with Gasteiger partial charge in [0.05, 0.1) is 6.54 Å². The zero-order chi connectivity index (χ0) is 28.2. The number of aryl methyl sites for hydroxylation is 1. The smallest absolute Gasteiger partial charge is 0.317 e. The highest BCUT2D eigenvalue weighted by Gasteiger charge is 2.35. The average Bonchev–Trinajstić information content (AvgIpc) is 3.16. The van der Waals surface area contributed by atoms with Gasteiger partial charge in [-0.25, -0.2) is 0 Å². The summed E-state index contributed by atoms with van der Waals surface area (Å²) in [6.45, 7) is 4.15. The highest BCUT2D eigenvalue weighted by Crippen LogP contribution is 2.44. The molecule has 214 valence electrons. The van der Waals surface area contributed by atoms with E-state index in [1.165, 1.54) is 64.8 Å². The molecule has 2 heterocycles. The number of rotatable bonds is 5. The normalized spacial score (nSPS) is 19.8. The molecular formula is C36H42N2O3. The number of aliphatic carboxylic acids is 1. The Kier molecular flexibility index (Phi) is 8.16. The first-order valence-electron chi connectivity index (χ1n) is 15.4. The second-order valence-electron chi connectivity index (χ2n) is 12.3. The number of likely N-dealkylation sites (tertiary alicyclic amines) is 1. The van der Waals surface area contributed by atoms with Crippen LogP contribution in [0.5, 0.6) is 5.75 Å². The van der Waals surface area contributed by atoms with Crippen LogP contribution in [0, 0.1) is 5.41 Å². The summed E-state index contributed by atoms with van der Waals surface area (Å²) in [5.41, 5.74) is 9.35. The van der Waals surface area contributed by atoms with E-state index in [1.807, 2.05) is 12.1 Å². The number of phenolic OH excluding ortho intramolecular Hbond substituents is 1. The van der Waals surface area contributed by atoms with Crippen molar-refractivity contribution in [1.29, 1.82) is 0 Å². The van der Waals surface area contributed by atoms with Crippen LogP contribution in [-0.4, -0.2) is 53.8 Å². The number of benzene rings is 3. The first-order valence-corrected chi connectivity index (χ1v) is 15.4. The molecule has 0 saturated carbocycles. The minimum Gasteiger partial charge on any atom is -0.508 e. The molecule has 3 aromatic rings. The maximum atomic E-state index is 11.1. The molecular weight excluding hydrogens is 508 g/mol. The van der Waals surface area contributed by atoms with Crippen LogP contribution >= 0.6 is 0 Å². The summed E-state index contributed by atoms with van der Waals surface area (Å²) < 4.78 is 0. The van der Waals surface area contributed by atoms with Crippen molar-refractivity contribution in [3.05, 3.63) is 95.1 Å². The molecule has 2 aliphatic heterocycles. The predicted octanol–water partition coefficient (Wildman–Crippen LogP) is 7.23. The summed E-state index contributed by atoms with van der Waals surface area (Å²) >= 11 is 0. The highest BCUT2D eigenvalue weighted by molar-refractivity contribution is 6.00. The fourth-order valence-corrected chi connectivity index (χ4v) is 7.55. The van der Waals surface area contributed by atoms with Gasteiger partial charge in [-0.1, -0.05) is 48.5 Å². The van der Waals surface area contributed by atoms with Crippen LogP contribution in [0.2, 0.25) is 0 Å². The Morgan fingerprint density at radius 1 is 0.756 bits per heavy atom. The second-order valence-corrected chi connectivity index (χ2v) is 12.3. The molecule has 6 rings (SSSR count). The third-order valence-corrected chi connectivity index (χ3v) is 9.72. The molecule has 0 unspecified atom stereocenters. The highest BCUT2D eigenvalue weighted by atomic mass is 16.4. The monoisotopic (exact) mass is 550 g/mol. The van der Waals surface area contributed by atoms with Crippen LogP contribution in [0.4, 0.5) is 5.69 Å². The van der Waals surface area contributed by atoms with Gasteiger partial charge >= 0.3 is 5.97 Å². The molecule has 5 heteroatoms. The van der Waals surface area contributed by atoms with E-state index in [0.29, 0.717) is 11.2 Å². The number of piperidine rings is 1. The molecule has 0 bridgehead atoms. The van der Waals surface area contributed by atoms with Crippen LogP contribution in [-0.2, 0) is 11.2 Å². The van der Waals surface area contributed by atoms with Crippen molar-refractivity contribution in [1.82, 2.24) is 4.90 Å². The molecule has 2 saturated heterocycles. The predicted molar refractivity (Wildman–Crippen MR) is 166 cm³/mol. The van der Waals surface area contributed by atoms with Crippen LogP contribution in [0.25, 0.3) is 11.1 Å². The minimum atomic E-state index is -0.713. The first-order chi connectivity index (χ1) is 20.0. The molecule has 0 amide bonds. The maximum absolute atomic E-state index is 11.1. The molecule has 41 heavy (non-hydrogen) atoms. The summed E-state index contributed by atoms with van der Waals surface area (Å²) in [6.07, 6.45) is 10.1. The molecule has 2 N–H and O–H groups in total. The summed E-state index contributed by atoms with van der Waals surface area (Å²) in [4.78, 5) is 15.8. The summed E-state index contributed by atoms with van der Waals surface area (Å²) in [5, 5.41) is 19.4. The fourth-order valence-electron chi connectivity index (χ4n) is 7.55. The van der Waals surface area contributed by atoms with Crippen LogP contribution in [0.3, 0.4) is 0 Å². The Bertz CT molecular complexity index is 1380. The molecule has 0 aromatic heterocycles. The Labute approximate surface area is 244 Å². The van der Waals surface area contributed by atoms with Gasteiger partial charge in [0.25, 0.3) is 0 Å². The molecule has 3 aromatic carbocycles. The standard InChI is InChI=1S/C36H42N2O3/c39-31-15-16-33-29(25-31)9-4-10-32(27-7-2-1-3-8-27)35(33)28-11-13-30(14-12-28)38-23-19-36(20-24-38)17-5-21-37(22-6-18-36)26-34(40)41/h1-3,7-8,11-16,25,39H,4-6,9-10,17-24,26H2,(H,40,41). The lowest BCUT2D eigenvalue weighted by molar-refractivity contribution is -0.138. The van der Waals surface area contributed by atoms with Gasteiger partial charge in [0, 0.05) is 18.8 Å². The Morgan fingerprint density at radius 2 is 1.46 bits per heavy atom. The molecule has 2 fully saturated rings. The van der Waals surface area contributed by atoms with Gasteiger partial charge in [0.1, 0.15) is 5.75 Å². The van der Waals surface area contributed by atoms with Gasteiger partial charge in [0.2, 0.25) is 0 Å². The number of fused-ring (bicyclic) bond motifs is 1. The maximum Gasteiger partial charge on any atom is 0.317 e. The van der Waals surface area contributed by atoms with E-state index in [-0.39, 0.29) is 6.54 Å². The minimum absolute atomic E-state index is 0.175. The lowest BCUT2D eigenvalue weighted by Crippen LogP contribution is -2.42. The van der Waals surface area contributed by atoms with Gasteiger partial charge in [-0.2, -0.15) is 0 Å². The van der Waals surface area contributed by atoms with Crippen molar-refractivity contribution in [2.45, 2.75) is 57.8 Å². The van der Waals surface area contributed by atoms with E-state index < -0.39 is 5.97 Å². The number of nitrogens with zero attached hydrogens (tertiary/aromatic N) is 2. The van der Waals surface area contributed by atoms with E-state index in [1.54, 1.807) is 0 Å². The third-order valence-electron chi connectivity index (χ3n) is 9.72. The molecule has 0 atom stereocenters. The van der Waals surface area contributed by atoms with Crippen molar-refractivity contribution in [3.8, 4) is 5.75 Å². The Balaban J connectivity index is 1.20.